The lowest BCUT2D eigenvalue weighted by Gasteiger charge is -2.39. The number of H-pyrrole nitrogens is 1. The molecule has 296 valence electrons. The second-order valence-corrected chi connectivity index (χ2v) is 20.9. The highest BCUT2D eigenvalue weighted by atomic mass is 28.4. The number of ether oxygens (including phenoxy) is 1. The molecule has 5 rings (SSSR count). The molecule has 0 saturated carbocycles. The van der Waals surface area contributed by atoms with Gasteiger partial charge >= 0.3 is 0 Å². The van der Waals surface area contributed by atoms with Gasteiger partial charge < -0.3 is 35.2 Å². The van der Waals surface area contributed by atoms with Crippen LogP contribution in [0, 0.1) is 0 Å². The first-order valence-corrected chi connectivity index (χ1v) is 23.0. The number of aromatic amines is 1. The first-order chi connectivity index (χ1) is 25.8. The third-order valence-electron chi connectivity index (χ3n) is 11.2. The Kier molecular flexibility index (Phi) is 14.3. The summed E-state index contributed by atoms with van der Waals surface area (Å²) in [7, 11) is -2.14. The van der Waals surface area contributed by atoms with Gasteiger partial charge in [-0.25, -0.2) is 9.67 Å². The second-order valence-electron chi connectivity index (χ2n) is 16.1. The number of unbranched alkanes of at least 4 members (excludes halogenated alkanes) is 4. The summed E-state index contributed by atoms with van der Waals surface area (Å²) in [5, 5.41) is 27.5. The molecule has 5 N–H and O–H groups in total. The Morgan fingerprint density at radius 2 is 1.81 bits per heavy atom. The highest BCUT2D eigenvalue weighted by Gasteiger charge is 2.39. The number of anilines is 1. The number of nitrogens with zero attached hydrogens (tertiary/aromatic N) is 3. The maximum absolute atomic E-state index is 13.0. The molecule has 12 nitrogen and oxygen atoms in total. The van der Waals surface area contributed by atoms with Crippen LogP contribution in [0.2, 0.25) is 18.1 Å². The Hall–Kier alpha value is -3.78. The van der Waals surface area contributed by atoms with Crippen LogP contribution in [0.25, 0.3) is 21.9 Å². The normalized spacial score (nSPS) is 14.9. The van der Waals surface area contributed by atoms with E-state index in [0.717, 1.165) is 117 Å². The average molecular weight is 762 g/mol. The summed E-state index contributed by atoms with van der Waals surface area (Å²) in [6.07, 6.45) is 9.86. The quantitative estimate of drug-likeness (QED) is 0.0484. The predicted molar refractivity (Wildman–Crippen MR) is 220 cm³/mol. The number of hydrogen-bond donors (Lipinski definition) is 5. The van der Waals surface area contributed by atoms with Crippen LogP contribution in [0.4, 0.5) is 5.69 Å². The molecule has 1 amide bonds. The lowest BCUT2D eigenvalue weighted by molar-refractivity contribution is -0.121. The summed E-state index contributed by atoms with van der Waals surface area (Å²) < 4.78 is 14.5. The standard InChI is InChI=1S/C41H63N7O5Si/c1-8-33-31(38(45-28-20-23-52-24-21-28)32-26-44-48(9-2)40(32)46-33)25-43-36(50)15-13-11-10-12-14-22-42-27-35(53-54(6,7)41(3,4)5)29-16-18-34(49)39-30(29)17-19-37(51)47-39/h16-19,26,28,35,42,49H,8-15,20-25,27H2,1-7H3,(H,43,50)(H,45,46)(H,47,51). The largest absolute Gasteiger partial charge is 0.506 e. The third-order valence-corrected chi connectivity index (χ3v) is 15.7. The number of hydrogen-bond acceptors (Lipinski definition) is 9. The molecule has 1 unspecified atom stereocenters. The molecule has 1 saturated heterocycles. The van der Waals surface area contributed by atoms with E-state index < -0.39 is 8.32 Å². The summed E-state index contributed by atoms with van der Waals surface area (Å²) in [5.41, 5.74) is 5.12. The monoisotopic (exact) mass is 761 g/mol. The first kappa shape index (κ1) is 41.4. The van der Waals surface area contributed by atoms with Gasteiger partial charge in [-0.05, 0) is 81.4 Å². The van der Waals surface area contributed by atoms with E-state index in [1.54, 1.807) is 12.1 Å². The maximum atomic E-state index is 13.0. The number of fused-ring (bicyclic) bond motifs is 2. The molecule has 0 aliphatic carbocycles. The van der Waals surface area contributed by atoms with Crippen LogP contribution >= 0.6 is 0 Å². The summed E-state index contributed by atoms with van der Waals surface area (Å²) in [4.78, 5) is 32.8. The molecule has 1 fully saturated rings. The lowest BCUT2D eigenvalue weighted by atomic mass is 10.0. The molecule has 0 radical (unpaired) electrons. The Morgan fingerprint density at radius 1 is 1.07 bits per heavy atom. The number of phenols is 1. The Bertz CT molecular complexity index is 1910. The number of aromatic nitrogens is 4. The van der Waals surface area contributed by atoms with Gasteiger partial charge in [0.25, 0.3) is 0 Å². The predicted octanol–water partition coefficient (Wildman–Crippen LogP) is 7.46. The smallest absolute Gasteiger partial charge is 0.248 e. The Labute approximate surface area is 321 Å². The molecule has 1 atom stereocenters. The van der Waals surface area contributed by atoms with Gasteiger partial charge in [0.15, 0.2) is 14.0 Å². The van der Waals surface area contributed by atoms with E-state index in [2.05, 4.69) is 73.7 Å². The Balaban J connectivity index is 1.09. The van der Waals surface area contributed by atoms with Crippen molar-refractivity contribution in [3.63, 3.8) is 0 Å². The summed E-state index contributed by atoms with van der Waals surface area (Å²) in [5.74, 6) is 0.121. The van der Waals surface area contributed by atoms with Crippen LogP contribution in [-0.4, -0.2) is 71.4 Å². The number of carbonyl (C=O) groups excluding carboxylic acids is 1. The fraction of sp³-hybridized carbons (Fsp3) is 0.610. The molecule has 1 aliphatic rings. The molecule has 54 heavy (non-hydrogen) atoms. The number of phenolic OH excluding ortho intramolecular Hbond substituents is 1. The molecule has 4 aromatic rings. The van der Waals surface area contributed by atoms with Crippen molar-refractivity contribution >= 4 is 41.8 Å². The van der Waals surface area contributed by atoms with Gasteiger partial charge in [-0.15, -0.1) is 0 Å². The lowest BCUT2D eigenvalue weighted by Crippen LogP contribution is -2.43. The number of aryl methyl sites for hydroxylation is 2. The zero-order valence-electron chi connectivity index (χ0n) is 33.6. The van der Waals surface area contributed by atoms with E-state index in [1.807, 2.05) is 16.9 Å². The van der Waals surface area contributed by atoms with Crippen molar-refractivity contribution in [2.75, 3.05) is 31.6 Å². The number of aromatic hydroxyl groups is 1. The van der Waals surface area contributed by atoms with Crippen LogP contribution in [0.3, 0.4) is 0 Å². The van der Waals surface area contributed by atoms with Crippen LogP contribution in [0.1, 0.15) is 109 Å². The summed E-state index contributed by atoms with van der Waals surface area (Å²) in [6.45, 7) is 19.5. The van der Waals surface area contributed by atoms with Gasteiger partial charge in [0, 0.05) is 68.0 Å². The van der Waals surface area contributed by atoms with E-state index in [-0.39, 0.29) is 28.4 Å². The van der Waals surface area contributed by atoms with Crippen LogP contribution < -0.4 is 21.5 Å². The topological polar surface area (TPSA) is 155 Å². The minimum atomic E-state index is -2.14. The molecule has 0 bridgehead atoms. The van der Waals surface area contributed by atoms with Crippen molar-refractivity contribution in [3.8, 4) is 5.75 Å². The molecular formula is C41H63N7O5Si. The van der Waals surface area contributed by atoms with Gasteiger partial charge in [0.05, 0.1) is 28.9 Å². The summed E-state index contributed by atoms with van der Waals surface area (Å²) >= 11 is 0. The number of rotatable bonds is 19. The first-order valence-electron chi connectivity index (χ1n) is 20.0. The zero-order chi connectivity index (χ0) is 38.9. The number of nitrogens with one attached hydrogen (secondary N) is 4. The highest BCUT2D eigenvalue weighted by Crippen LogP contribution is 2.41. The fourth-order valence-corrected chi connectivity index (χ4v) is 8.24. The van der Waals surface area contributed by atoms with Crippen molar-refractivity contribution in [2.24, 2.45) is 0 Å². The van der Waals surface area contributed by atoms with Crippen LogP contribution in [0.5, 0.6) is 5.75 Å². The maximum Gasteiger partial charge on any atom is 0.248 e. The molecule has 13 heteroatoms. The van der Waals surface area contributed by atoms with Gasteiger partial charge in [0.1, 0.15) is 5.75 Å². The third kappa shape index (κ3) is 10.3. The van der Waals surface area contributed by atoms with E-state index in [0.29, 0.717) is 31.1 Å². The van der Waals surface area contributed by atoms with E-state index in [1.165, 1.54) is 6.07 Å². The number of benzene rings is 1. The van der Waals surface area contributed by atoms with Gasteiger partial charge in [-0.3, -0.25) is 9.59 Å². The minimum Gasteiger partial charge on any atom is -0.506 e. The summed E-state index contributed by atoms with van der Waals surface area (Å²) in [6, 6.07) is 7.14. The van der Waals surface area contributed by atoms with Gasteiger partial charge in [-0.2, -0.15) is 5.10 Å². The number of amides is 1. The number of carbonyl (C=O) groups is 1. The fourth-order valence-electron chi connectivity index (χ4n) is 6.96. The van der Waals surface area contributed by atoms with Crippen molar-refractivity contribution in [2.45, 2.75) is 136 Å². The van der Waals surface area contributed by atoms with Gasteiger partial charge in [0.2, 0.25) is 11.5 Å². The SMILES string of the molecule is CCc1nc2c(cnn2CC)c(NC2CCOCC2)c1CNC(=O)CCCCCCCNCC(O[Si](C)(C)C(C)(C)C)c1ccc(O)c2[nH]c(=O)ccc12. The second kappa shape index (κ2) is 18.7. The molecule has 3 aromatic heterocycles. The van der Waals surface area contributed by atoms with Crippen LogP contribution in [-0.2, 0) is 33.5 Å². The molecule has 1 aromatic carbocycles. The van der Waals surface area contributed by atoms with E-state index in [9.17, 15) is 14.7 Å². The zero-order valence-corrected chi connectivity index (χ0v) is 34.6. The van der Waals surface area contributed by atoms with Gasteiger partial charge in [-0.1, -0.05) is 53.0 Å². The molecule has 1 aliphatic heterocycles. The van der Waals surface area contributed by atoms with Crippen molar-refractivity contribution in [3.05, 3.63) is 57.6 Å². The van der Waals surface area contributed by atoms with Crippen molar-refractivity contribution in [1.82, 2.24) is 30.4 Å². The van der Waals surface area contributed by atoms with Crippen molar-refractivity contribution in [1.29, 1.82) is 0 Å². The molecule has 0 spiro atoms. The molecular weight excluding hydrogens is 699 g/mol. The highest BCUT2D eigenvalue weighted by molar-refractivity contribution is 6.74. The average Bonchev–Trinajstić information content (AvgIpc) is 3.56. The minimum absolute atomic E-state index is 0.0253. The van der Waals surface area contributed by atoms with E-state index >= 15 is 0 Å². The Morgan fingerprint density at radius 3 is 2.54 bits per heavy atom. The van der Waals surface area contributed by atoms with Crippen LogP contribution in [0.15, 0.2) is 35.3 Å². The van der Waals surface area contributed by atoms with E-state index in [4.69, 9.17) is 14.1 Å². The van der Waals surface area contributed by atoms with Crippen molar-refractivity contribution < 1.29 is 19.1 Å². The molecule has 4 heterocycles. The number of pyridine rings is 2.